The molecule has 1 heterocycles. The third-order valence-electron chi connectivity index (χ3n) is 3.59. The second kappa shape index (κ2) is 6.97. The van der Waals surface area contributed by atoms with E-state index < -0.39 is 15.8 Å². The van der Waals surface area contributed by atoms with Gasteiger partial charge in [0.25, 0.3) is 0 Å². The van der Waals surface area contributed by atoms with E-state index in [0.29, 0.717) is 17.5 Å². The number of nitrogens with zero attached hydrogens (tertiary/aromatic N) is 2. The number of nitro benzene ring substituents is 1. The van der Waals surface area contributed by atoms with Gasteiger partial charge in [-0.15, -0.1) is 0 Å². The van der Waals surface area contributed by atoms with Crippen LogP contribution < -0.4 is 4.35 Å². The van der Waals surface area contributed by atoms with Crippen LogP contribution in [0.2, 0.25) is 5.21 Å². The average molecular weight is 386 g/mol. The molecule has 0 aliphatic rings. The van der Waals surface area contributed by atoms with Crippen LogP contribution in [-0.2, 0) is 9.53 Å². The van der Waals surface area contributed by atoms with Crippen LogP contribution >= 0.6 is 0 Å². The first-order valence-electron chi connectivity index (χ1n) is 7.41. The van der Waals surface area contributed by atoms with Gasteiger partial charge in [-0.2, -0.15) is 0 Å². The molecule has 0 amide bonds. The first-order valence-corrected chi connectivity index (χ1v) is 9.94. The van der Waals surface area contributed by atoms with Gasteiger partial charge in [-0.25, -0.2) is 0 Å². The minimum absolute atomic E-state index is 0.0805. The van der Waals surface area contributed by atoms with Crippen LogP contribution in [0.4, 0.5) is 5.69 Å². The molecule has 0 saturated heterocycles. The van der Waals surface area contributed by atoms with E-state index in [1.165, 1.54) is 13.0 Å². The zero-order valence-corrected chi connectivity index (χ0v) is 15.1. The third kappa shape index (κ3) is 3.24. The van der Waals surface area contributed by atoms with Crippen LogP contribution in [0.15, 0.2) is 42.5 Å². The number of carbonyl (C=O) groups excluding carboxylic acids is 1. The summed E-state index contributed by atoms with van der Waals surface area (Å²) >= 11 is -0.729. The normalized spacial score (nSPS) is 11.4. The van der Waals surface area contributed by atoms with Crippen molar-refractivity contribution in [2.24, 2.45) is 0 Å². The summed E-state index contributed by atoms with van der Waals surface area (Å²) in [6.45, 7) is 1.72. The van der Waals surface area contributed by atoms with Gasteiger partial charge in [0.1, 0.15) is 0 Å². The van der Waals surface area contributed by atoms with Crippen LogP contribution in [0.1, 0.15) is 6.92 Å². The van der Waals surface area contributed by atoms with Crippen molar-refractivity contribution in [2.45, 2.75) is 12.1 Å². The van der Waals surface area contributed by atoms with E-state index in [1.807, 2.05) is 24.3 Å². The molecule has 1 atom stereocenters. The molecule has 3 rings (SSSR count). The topological polar surface area (TPSA) is 82.3 Å². The first-order chi connectivity index (χ1) is 11.6. The number of ether oxygens (including phenoxy) is 1. The maximum atomic E-state index is 11.4. The summed E-state index contributed by atoms with van der Waals surface area (Å²) in [6, 6.07) is 12.6. The zero-order chi connectivity index (χ0) is 17.1. The number of para-hydroxylation sites is 1. The number of nitro groups is 1. The Balaban J connectivity index is 2.16. The van der Waals surface area contributed by atoms with Crippen molar-refractivity contribution in [3.05, 3.63) is 52.6 Å². The minimum atomic E-state index is -0.729. The van der Waals surface area contributed by atoms with Gasteiger partial charge in [-0.05, 0) is 0 Å². The van der Waals surface area contributed by atoms with Gasteiger partial charge in [-0.1, -0.05) is 0 Å². The summed E-state index contributed by atoms with van der Waals surface area (Å²) in [5, 5.41) is 13.7. The quantitative estimate of drug-likeness (QED) is 0.168. The molecule has 3 aromatic rings. The van der Waals surface area contributed by atoms with Gasteiger partial charge in [0.05, 0.1) is 0 Å². The van der Waals surface area contributed by atoms with Crippen molar-refractivity contribution < 1.29 is 14.5 Å². The second-order valence-electron chi connectivity index (χ2n) is 5.20. The van der Waals surface area contributed by atoms with E-state index in [2.05, 4.69) is 4.98 Å². The van der Waals surface area contributed by atoms with E-state index in [-0.39, 0.29) is 16.6 Å². The number of fused-ring (bicyclic) bond motifs is 2. The molecule has 0 spiro atoms. The number of hydrogen-bond donors (Lipinski definition) is 0. The molecule has 0 saturated carbocycles. The van der Waals surface area contributed by atoms with Gasteiger partial charge < -0.3 is 0 Å². The van der Waals surface area contributed by atoms with E-state index in [9.17, 15) is 14.9 Å². The Hall–Kier alpha value is -2.46. The molecular formula is C17H15AsN2O4. The van der Waals surface area contributed by atoms with Crippen LogP contribution in [0.5, 0.6) is 0 Å². The predicted octanol–water partition coefficient (Wildman–Crippen LogP) is 2.34. The number of esters is 1. The molecule has 0 aliphatic heterocycles. The number of carbonyl (C=O) groups is 1. The SMILES string of the molecule is CC(=O)OCC[AsH]c1c2ccccc2nc2cccc([N+](=O)[O-])c12. The van der Waals surface area contributed by atoms with Gasteiger partial charge in [0.15, 0.2) is 0 Å². The molecule has 1 aromatic heterocycles. The number of hydrogen-bond acceptors (Lipinski definition) is 5. The van der Waals surface area contributed by atoms with E-state index in [1.54, 1.807) is 12.1 Å². The molecular weight excluding hydrogens is 371 g/mol. The van der Waals surface area contributed by atoms with Crippen molar-refractivity contribution in [2.75, 3.05) is 6.61 Å². The number of pyridine rings is 1. The summed E-state index contributed by atoms with van der Waals surface area (Å²) in [5.74, 6) is -0.308. The fraction of sp³-hybridized carbons (Fsp3) is 0.176. The summed E-state index contributed by atoms with van der Waals surface area (Å²) < 4.78 is 6.00. The first kappa shape index (κ1) is 16.4. The van der Waals surface area contributed by atoms with Gasteiger partial charge in [0.2, 0.25) is 0 Å². The molecule has 122 valence electrons. The van der Waals surface area contributed by atoms with Crippen LogP contribution in [0.25, 0.3) is 21.8 Å². The van der Waals surface area contributed by atoms with E-state index >= 15 is 0 Å². The second-order valence-corrected chi connectivity index (χ2v) is 8.04. The molecule has 0 N–H and O–H groups in total. The van der Waals surface area contributed by atoms with Crippen LogP contribution in [-0.4, -0.2) is 38.2 Å². The fourth-order valence-electron chi connectivity index (χ4n) is 2.63. The van der Waals surface area contributed by atoms with Crippen LogP contribution in [0, 0.1) is 10.1 Å². The van der Waals surface area contributed by atoms with E-state index in [4.69, 9.17) is 4.74 Å². The molecule has 0 bridgehead atoms. The summed E-state index contributed by atoms with van der Waals surface area (Å²) in [6.07, 6.45) is 0. The van der Waals surface area contributed by atoms with Crippen molar-refractivity contribution in [3.63, 3.8) is 0 Å². The summed E-state index contributed by atoms with van der Waals surface area (Å²) in [4.78, 5) is 26.6. The van der Waals surface area contributed by atoms with Gasteiger partial charge in [-0.3, -0.25) is 0 Å². The molecule has 24 heavy (non-hydrogen) atoms. The monoisotopic (exact) mass is 386 g/mol. The summed E-state index contributed by atoms with van der Waals surface area (Å²) in [7, 11) is 0. The Bertz CT molecular complexity index is 942. The van der Waals surface area contributed by atoms with E-state index in [0.717, 1.165) is 20.5 Å². The van der Waals surface area contributed by atoms with Gasteiger partial charge in [0, 0.05) is 0 Å². The molecule has 0 radical (unpaired) electrons. The van der Waals surface area contributed by atoms with Gasteiger partial charge >= 0.3 is 144 Å². The molecule has 0 aliphatic carbocycles. The predicted molar refractivity (Wildman–Crippen MR) is 94.1 cm³/mol. The van der Waals surface area contributed by atoms with Crippen LogP contribution in [0.3, 0.4) is 0 Å². The Kier molecular flexibility index (Phi) is 4.76. The maximum absolute atomic E-state index is 11.4. The van der Waals surface area contributed by atoms with Crippen molar-refractivity contribution in [1.29, 1.82) is 0 Å². The van der Waals surface area contributed by atoms with Crippen molar-refractivity contribution >= 4 is 53.6 Å². The molecule has 1 unspecified atom stereocenters. The molecule has 6 nitrogen and oxygen atoms in total. The fourth-order valence-corrected chi connectivity index (χ4v) is 5.34. The molecule has 2 aromatic carbocycles. The molecule has 7 heteroatoms. The number of aromatic nitrogens is 1. The Labute approximate surface area is 144 Å². The molecule has 0 fully saturated rings. The Morgan fingerprint density at radius 3 is 2.71 bits per heavy atom. The van der Waals surface area contributed by atoms with Crippen molar-refractivity contribution in [1.82, 2.24) is 4.98 Å². The van der Waals surface area contributed by atoms with Crippen molar-refractivity contribution in [3.8, 4) is 0 Å². The Morgan fingerprint density at radius 1 is 1.21 bits per heavy atom. The zero-order valence-electron chi connectivity index (χ0n) is 13.0. The standard InChI is InChI=1S/C17H15AsN2O4/c1-11(21)24-10-9-18-17-12-5-2-3-6-13(12)19-14-7-4-8-15(16(14)17)20(22)23/h2-8,18H,9-10H2,1H3. The number of benzene rings is 2. The summed E-state index contributed by atoms with van der Waals surface area (Å²) in [5.41, 5.74) is 1.54. The average Bonchev–Trinajstić information content (AvgIpc) is 2.56. The number of non-ortho nitro benzene ring substituents is 1. The Morgan fingerprint density at radius 2 is 1.96 bits per heavy atom. The third-order valence-corrected chi connectivity index (χ3v) is 6.37. The number of rotatable bonds is 5.